The Morgan fingerprint density at radius 3 is 1.93 bits per heavy atom. The van der Waals surface area contributed by atoms with Gasteiger partial charge < -0.3 is 8.98 Å². The molecule has 0 radical (unpaired) electrons. The summed E-state index contributed by atoms with van der Waals surface area (Å²) in [6.45, 7) is 0. The van der Waals surface area contributed by atoms with Crippen LogP contribution in [0.4, 0.5) is 0 Å². The molecule has 0 fully saturated rings. The lowest BCUT2D eigenvalue weighted by atomic mass is 10.0. The van der Waals surface area contributed by atoms with Gasteiger partial charge in [0.1, 0.15) is 11.2 Å². The van der Waals surface area contributed by atoms with Crippen LogP contribution >= 0.6 is 0 Å². The van der Waals surface area contributed by atoms with Crippen molar-refractivity contribution in [2.45, 2.75) is 0 Å². The molecule has 0 saturated carbocycles. The Labute approximate surface area is 325 Å². The third-order valence-electron chi connectivity index (χ3n) is 11.9. The van der Waals surface area contributed by atoms with E-state index in [9.17, 15) is 0 Å². The Morgan fingerprint density at radius 2 is 1.05 bits per heavy atom. The molecule has 0 spiro atoms. The zero-order chi connectivity index (χ0) is 37.2. The van der Waals surface area contributed by atoms with Gasteiger partial charge in [-0.1, -0.05) is 133 Å². The first-order chi connectivity index (χ1) is 28.3. The quantitative estimate of drug-likeness (QED) is 0.182. The Kier molecular flexibility index (Phi) is 6.10. The molecule has 0 aliphatic heterocycles. The largest absolute Gasteiger partial charge is 0.456 e. The SMILES string of the molecule is c1cc(-n2c3ccccc3c3ccc4ccccc4c32)c2cc3c(cc2c1)c1ccccc1n3-c1nc(-c2cccc3oc4ccccc4c23)c2ccccc2n1. The summed E-state index contributed by atoms with van der Waals surface area (Å²) in [6.07, 6.45) is 0. The third kappa shape index (κ3) is 4.23. The molecule has 13 rings (SSSR count). The van der Waals surface area contributed by atoms with Gasteiger partial charge in [0, 0.05) is 54.0 Å². The van der Waals surface area contributed by atoms with Crippen molar-refractivity contribution >= 4 is 98.0 Å². The number of hydrogen-bond donors (Lipinski definition) is 0. The van der Waals surface area contributed by atoms with Crippen LogP contribution in [0.2, 0.25) is 0 Å². The molecule has 0 aliphatic rings. The van der Waals surface area contributed by atoms with E-state index in [-0.39, 0.29) is 0 Å². The standard InChI is InChI=1S/C52H30N4O/c1-2-15-33-31(13-1)27-28-36-34-16-4-8-22-43(34)55(51(33)36)45-24-11-14-32-29-41-35-17-5-9-23-44(35)56(46(41)30-40(32)45)52-53-42-21-7-3-18-37(42)50(54-52)39-20-12-26-48-49(39)38-19-6-10-25-47(38)57-48/h1-30H. The third-order valence-corrected chi connectivity index (χ3v) is 11.9. The molecule has 0 bridgehead atoms. The summed E-state index contributed by atoms with van der Waals surface area (Å²) in [5.41, 5.74) is 10.1. The van der Waals surface area contributed by atoms with Gasteiger partial charge in [0.05, 0.1) is 39.0 Å². The first-order valence-corrected chi connectivity index (χ1v) is 19.3. The van der Waals surface area contributed by atoms with Crippen molar-refractivity contribution in [1.29, 1.82) is 0 Å². The number of benzene rings is 9. The van der Waals surface area contributed by atoms with Gasteiger partial charge in [-0.15, -0.1) is 0 Å². The van der Waals surface area contributed by atoms with E-state index in [1.807, 2.05) is 18.2 Å². The summed E-state index contributed by atoms with van der Waals surface area (Å²) >= 11 is 0. The highest BCUT2D eigenvalue weighted by molar-refractivity contribution is 6.21. The molecule has 0 unspecified atom stereocenters. The molecule has 57 heavy (non-hydrogen) atoms. The van der Waals surface area contributed by atoms with E-state index in [2.05, 4.69) is 173 Å². The lowest BCUT2D eigenvalue weighted by Gasteiger charge is -2.15. The van der Waals surface area contributed by atoms with E-state index in [4.69, 9.17) is 14.4 Å². The molecule has 0 N–H and O–H groups in total. The van der Waals surface area contributed by atoms with Gasteiger partial charge >= 0.3 is 0 Å². The minimum Gasteiger partial charge on any atom is -0.456 e. The summed E-state index contributed by atoms with van der Waals surface area (Å²) in [5, 5.41) is 12.7. The highest BCUT2D eigenvalue weighted by Crippen LogP contribution is 2.42. The minimum absolute atomic E-state index is 0.624. The Morgan fingerprint density at radius 1 is 0.386 bits per heavy atom. The van der Waals surface area contributed by atoms with Crippen LogP contribution in [0.3, 0.4) is 0 Å². The Bertz CT molecular complexity index is 3830. The van der Waals surface area contributed by atoms with Crippen LogP contribution in [0.5, 0.6) is 0 Å². The van der Waals surface area contributed by atoms with Crippen LogP contribution in [-0.4, -0.2) is 19.1 Å². The first-order valence-electron chi connectivity index (χ1n) is 19.3. The van der Waals surface area contributed by atoms with E-state index in [0.29, 0.717) is 5.95 Å². The maximum atomic E-state index is 6.35. The lowest BCUT2D eigenvalue weighted by Crippen LogP contribution is -2.03. The van der Waals surface area contributed by atoms with Crippen LogP contribution < -0.4 is 0 Å². The van der Waals surface area contributed by atoms with Crippen LogP contribution in [-0.2, 0) is 0 Å². The fourth-order valence-corrected chi connectivity index (χ4v) is 9.46. The molecule has 9 aromatic carbocycles. The Balaban J connectivity index is 1.14. The van der Waals surface area contributed by atoms with Crippen molar-refractivity contribution in [3.63, 3.8) is 0 Å². The van der Waals surface area contributed by atoms with Gasteiger partial charge in [-0.3, -0.25) is 4.57 Å². The molecular formula is C52H30N4O. The number of aromatic nitrogens is 4. The summed E-state index contributed by atoms with van der Waals surface area (Å²) in [6, 6.07) is 64.8. The number of rotatable bonds is 3. The molecule has 5 nitrogen and oxygen atoms in total. The summed E-state index contributed by atoms with van der Waals surface area (Å²) in [7, 11) is 0. The minimum atomic E-state index is 0.624. The predicted octanol–water partition coefficient (Wildman–Crippen LogP) is 13.7. The van der Waals surface area contributed by atoms with Crippen molar-refractivity contribution in [2.75, 3.05) is 0 Å². The molecule has 5 heteroatoms. The van der Waals surface area contributed by atoms with Gasteiger partial charge in [-0.2, -0.15) is 0 Å². The van der Waals surface area contributed by atoms with E-state index in [1.54, 1.807) is 0 Å². The van der Waals surface area contributed by atoms with Gasteiger partial charge in [-0.25, -0.2) is 9.97 Å². The van der Waals surface area contributed by atoms with Gasteiger partial charge in [0.2, 0.25) is 5.95 Å². The second-order valence-corrected chi connectivity index (χ2v) is 14.9. The fraction of sp³-hybridized carbons (Fsp3) is 0. The number of furan rings is 1. The zero-order valence-electron chi connectivity index (χ0n) is 30.5. The van der Waals surface area contributed by atoms with Crippen molar-refractivity contribution in [2.24, 2.45) is 0 Å². The van der Waals surface area contributed by atoms with E-state index >= 15 is 0 Å². The average molecular weight is 727 g/mol. The summed E-state index contributed by atoms with van der Waals surface area (Å²) < 4.78 is 11.1. The van der Waals surface area contributed by atoms with Crippen LogP contribution in [0, 0.1) is 0 Å². The topological polar surface area (TPSA) is 48.8 Å². The summed E-state index contributed by atoms with van der Waals surface area (Å²) in [5.74, 6) is 0.624. The smallest absolute Gasteiger partial charge is 0.235 e. The number of nitrogens with zero attached hydrogens (tertiary/aromatic N) is 4. The average Bonchev–Trinajstić information content (AvgIpc) is 3.93. The molecule has 0 aliphatic carbocycles. The normalized spacial score (nSPS) is 12.2. The van der Waals surface area contributed by atoms with Gasteiger partial charge in [-0.05, 0) is 59.3 Å². The number of para-hydroxylation sites is 4. The van der Waals surface area contributed by atoms with Crippen molar-refractivity contribution in [3.05, 3.63) is 182 Å². The van der Waals surface area contributed by atoms with Crippen molar-refractivity contribution < 1.29 is 4.42 Å². The first kappa shape index (κ1) is 30.6. The second-order valence-electron chi connectivity index (χ2n) is 14.9. The maximum Gasteiger partial charge on any atom is 0.235 e. The van der Waals surface area contributed by atoms with Crippen molar-refractivity contribution in [3.8, 4) is 22.9 Å². The molecule has 264 valence electrons. The van der Waals surface area contributed by atoms with E-state index in [0.717, 1.165) is 77.0 Å². The monoisotopic (exact) mass is 726 g/mol. The predicted molar refractivity (Wildman–Crippen MR) is 236 cm³/mol. The Hall–Kier alpha value is -7.76. The van der Waals surface area contributed by atoms with Crippen LogP contribution in [0.15, 0.2) is 186 Å². The fourth-order valence-electron chi connectivity index (χ4n) is 9.46. The van der Waals surface area contributed by atoms with Crippen molar-refractivity contribution in [1.82, 2.24) is 19.1 Å². The molecule has 4 aromatic heterocycles. The molecule has 4 heterocycles. The molecule has 13 aromatic rings. The van der Waals surface area contributed by atoms with E-state index < -0.39 is 0 Å². The zero-order valence-corrected chi connectivity index (χ0v) is 30.5. The molecular weight excluding hydrogens is 697 g/mol. The number of hydrogen-bond acceptors (Lipinski definition) is 3. The second kappa shape index (κ2) is 11.4. The maximum absolute atomic E-state index is 6.35. The van der Waals surface area contributed by atoms with Gasteiger partial charge in [0.15, 0.2) is 0 Å². The molecule has 0 saturated heterocycles. The van der Waals surface area contributed by atoms with Crippen LogP contribution in [0.1, 0.15) is 0 Å². The van der Waals surface area contributed by atoms with Gasteiger partial charge in [0.25, 0.3) is 0 Å². The molecule has 0 amide bonds. The van der Waals surface area contributed by atoms with E-state index in [1.165, 1.54) is 38.0 Å². The highest BCUT2D eigenvalue weighted by Gasteiger charge is 2.22. The number of fused-ring (bicyclic) bond motifs is 13. The highest BCUT2D eigenvalue weighted by atomic mass is 16.3. The van der Waals surface area contributed by atoms with Crippen LogP contribution in [0.25, 0.3) is 121 Å². The lowest BCUT2D eigenvalue weighted by molar-refractivity contribution is 0.669. The summed E-state index contributed by atoms with van der Waals surface area (Å²) in [4.78, 5) is 10.8. The molecule has 0 atom stereocenters.